The monoisotopic (exact) mass is 376 g/mol. The number of aromatic nitrogens is 3. The number of H-pyrrole nitrogens is 1. The van der Waals surface area contributed by atoms with Crippen LogP contribution in [0.15, 0.2) is 17.3 Å². The normalized spacial score (nSPS) is 13.4. The summed E-state index contributed by atoms with van der Waals surface area (Å²) in [5.74, 6) is 2.73. The van der Waals surface area contributed by atoms with Gasteiger partial charge in [0.25, 0.3) is 0 Å². The van der Waals surface area contributed by atoms with Crippen molar-refractivity contribution in [3.63, 3.8) is 0 Å². The minimum atomic E-state index is 0.0947. The lowest BCUT2D eigenvalue weighted by Gasteiger charge is -2.29. The highest BCUT2D eigenvalue weighted by Gasteiger charge is 2.23. The Hall–Kier alpha value is -2.22. The van der Waals surface area contributed by atoms with Crippen LogP contribution < -0.4 is 9.47 Å². The number of nitrogens with zero attached hydrogens (tertiary/aromatic N) is 3. The standard InChI is InChI=1S/C18H24N4O3S/c1-4-5-16-19-18(21-20-16)26-11-17(23)22-7-6-12-8-14(24-2)15(25-3)9-13(12)10-22/h8-9H,4-7,10-11H2,1-3H3,(H,19,20,21). The summed E-state index contributed by atoms with van der Waals surface area (Å²) >= 11 is 1.37. The van der Waals surface area contributed by atoms with Crippen molar-refractivity contribution in [3.8, 4) is 11.5 Å². The van der Waals surface area contributed by atoms with E-state index in [-0.39, 0.29) is 5.91 Å². The van der Waals surface area contributed by atoms with Gasteiger partial charge in [-0.2, -0.15) is 0 Å². The van der Waals surface area contributed by atoms with E-state index in [1.807, 2.05) is 17.0 Å². The number of carbonyl (C=O) groups excluding carboxylic acids is 1. The third kappa shape index (κ3) is 4.12. The maximum atomic E-state index is 12.6. The Balaban J connectivity index is 1.61. The topological polar surface area (TPSA) is 80.3 Å². The van der Waals surface area contributed by atoms with Gasteiger partial charge in [0.2, 0.25) is 11.1 Å². The van der Waals surface area contributed by atoms with Crippen LogP contribution in [0.25, 0.3) is 0 Å². The highest BCUT2D eigenvalue weighted by Crippen LogP contribution is 2.33. The number of methoxy groups -OCH3 is 2. The highest BCUT2D eigenvalue weighted by molar-refractivity contribution is 7.99. The van der Waals surface area contributed by atoms with Gasteiger partial charge in [0, 0.05) is 19.5 Å². The lowest BCUT2D eigenvalue weighted by atomic mass is 9.99. The van der Waals surface area contributed by atoms with E-state index in [0.29, 0.717) is 29.7 Å². The molecule has 0 atom stereocenters. The molecule has 2 heterocycles. The van der Waals surface area contributed by atoms with Gasteiger partial charge in [-0.05, 0) is 36.1 Å². The molecule has 0 spiro atoms. The number of hydrogen-bond acceptors (Lipinski definition) is 6. The third-order valence-corrected chi connectivity index (χ3v) is 5.23. The molecule has 3 rings (SSSR count). The van der Waals surface area contributed by atoms with Gasteiger partial charge in [-0.1, -0.05) is 18.7 Å². The Labute approximate surface area is 157 Å². The maximum absolute atomic E-state index is 12.6. The molecule has 2 aromatic rings. The van der Waals surface area contributed by atoms with Crippen molar-refractivity contribution in [1.82, 2.24) is 20.1 Å². The van der Waals surface area contributed by atoms with Crippen molar-refractivity contribution in [2.24, 2.45) is 0 Å². The lowest BCUT2D eigenvalue weighted by Crippen LogP contribution is -2.37. The Morgan fingerprint density at radius 3 is 2.69 bits per heavy atom. The number of thioether (sulfide) groups is 1. The molecule has 1 aliphatic heterocycles. The highest BCUT2D eigenvalue weighted by atomic mass is 32.2. The van der Waals surface area contributed by atoms with Crippen molar-refractivity contribution >= 4 is 17.7 Å². The second-order valence-electron chi connectivity index (χ2n) is 6.14. The van der Waals surface area contributed by atoms with Crippen molar-refractivity contribution in [1.29, 1.82) is 0 Å². The molecule has 1 N–H and O–H groups in total. The van der Waals surface area contributed by atoms with Gasteiger partial charge in [-0.25, -0.2) is 4.98 Å². The first-order valence-electron chi connectivity index (χ1n) is 8.70. The summed E-state index contributed by atoms with van der Waals surface area (Å²) in [6, 6.07) is 3.97. The van der Waals surface area contributed by atoms with Crippen LogP contribution in [-0.2, 0) is 24.2 Å². The van der Waals surface area contributed by atoms with Gasteiger partial charge in [-0.15, -0.1) is 5.10 Å². The summed E-state index contributed by atoms with van der Waals surface area (Å²) in [6.45, 7) is 3.39. The molecule has 26 heavy (non-hydrogen) atoms. The molecule has 1 aromatic carbocycles. The number of rotatable bonds is 7. The van der Waals surface area contributed by atoms with Crippen LogP contribution in [-0.4, -0.2) is 52.5 Å². The molecule has 0 fully saturated rings. The summed E-state index contributed by atoms with van der Waals surface area (Å²) in [5.41, 5.74) is 2.31. The van der Waals surface area contributed by atoms with Crippen LogP contribution in [0.5, 0.6) is 11.5 Å². The van der Waals surface area contributed by atoms with E-state index < -0.39 is 0 Å². The molecule has 0 unspecified atom stereocenters. The predicted octanol–water partition coefficient (Wildman–Crippen LogP) is 2.45. The first kappa shape index (κ1) is 18.6. The number of hydrogen-bond donors (Lipinski definition) is 1. The Morgan fingerprint density at radius 1 is 1.27 bits per heavy atom. The fourth-order valence-electron chi connectivity index (χ4n) is 3.00. The second kappa shape index (κ2) is 8.44. The summed E-state index contributed by atoms with van der Waals surface area (Å²) in [4.78, 5) is 18.8. The zero-order chi connectivity index (χ0) is 18.5. The van der Waals surface area contributed by atoms with Crippen LogP contribution in [0, 0.1) is 0 Å². The third-order valence-electron chi connectivity index (χ3n) is 4.39. The van der Waals surface area contributed by atoms with E-state index >= 15 is 0 Å². The molecule has 0 saturated heterocycles. The molecule has 7 nitrogen and oxygen atoms in total. The smallest absolute Gasteiger partial charge is 0.233 e. The van der Waals surface area contributed by atoms with Crippen molar-refractivity contribution in [2.45, 2.75) is 37.9 Å². The summed E-state index contributed by atoms with van der Waals surface area (Å²) in [5, 5.41) is 7.70. The minimum Gasteiger partial charge on any atom is -0.493 e. The van der Waals surface area contributed by atoms with Crippen LogP contribution in [0.3, 0.4) is 0 Å². The maximum Gasteiger partial charge on any atom is 0.233 e. The predicted molar refractivity (Wildman–Crippen MR) is 99.8 cm³/mol. The van der Waals surface area contributed by atoms with Crippen LogP contribution in [0.2, 0.25) is 0 Å². The SMILES string of the molecule is CCCc1nc(SCC(=O)N2CCc3cc(OC)c(OC)cc3C2)n[nH]1. The molecule has 8 heteroatoms. The van der Waals surface area contributed by atoms with Crippen molar-refractivity contribution < 1.29 is 14.3 Å². The van der Waals surface area contributed by atoms with Crippen LogP contribution >= 0.6 is 11.8 Å². The average Bonchev–Trinajstić information content (AvgIpc) is 3.12. The first-order valence-corrected chi connectivity index (χ1v) is 9.68. The number of ether oxygens (including phenoxy) is 2. The molecule has 0 bridgehead atoms. The Bertz CT molecular complexity index is 778. The average molecular weight is 376 g/mol. The molecular formula is C18H24N4O3S. The van der Waals surface area contributed by atoms with Crippen LogP contribution in [0.1, 0.15) is 30.3 Å². The summed E-state index contributed by atoms with van der Waals surface area (Å²) in [6.07, 6.45) is 2.70. The van der Waals surface area contributed by atoms with Crippen molar-refractivity contribution in [3.05, 3.63) is 29.1 Å². The van der Waals surface area contributed by atoms with Gasteiger partial charge in [-0.3, -0.25) is 9.89 Å². The number of fused-ring (bicyclic) bond motifs is 1. The zero-order valence-electron chi connectivity index (χ0n) is 15.4. The summed E-state index contributed by atoms with van der Waals surface area (Å²) < 4.78 is 10.7. The molecular weight excluding hydrogens is 352 g/mol. The minimum absolute atomic E-state index is 0.0947. The van der Waals surface area contributed by atoms with E-state index in [1.54, 1.807) is 14.2 Å². The molecule has 0 radical (unpaired) electrons. The number of aromatic amines is 1. The van der Waals surface area contributed by atoms with E-state index in [0.717, 1.165) is 36.4 Å². The fraction of sp³-hybridized carbons (Fsp3) is 0.500. The van der Waals surface area contributed by atoms with E-state index in [2.05, 4.69) is 22.1 Å². The quantitative estimate of drug-likeness (QED) is 0.748. The Kier molecular flexibility index (Phi) is 6.03. The Morgan fingerprint density at radius 2 is 2.00 bits per heavy atom. The van der Waals surface area contributed by atoms with Gasteiger partial charge in [0.15, 0.2) is 11.5 Å². The van der Waals surface area contributed by atoms with Crippen LogP contribution in [0.4, 0.5) is 0 Å². The van der Waals surface area contributed by atoms with Crippen molar-refractivity contribution in [2.75, 3.05) is 26.5 Å². The fourth-order valence-corrected chi connectivity index (χ4v) is 3.72. The molecule has 140 valence electrons. The number of aryl methyl sites for hydroxylation is 1. The molecule has 0 saturated carbocycles. The molecule has 0 aliphatic carbocycles. The van der Waals surface area contributed by atoms with E-state index in [9.17, 15) is 4.79 Å². The molecule has 1 aliphatic rings. The number of carbonyl (C=O) groups is 1. The van der Waals surface area contributed by atoms with Gasteiger partial charge < -0.3 is 14.4 Å². The van der Waals surface area contributed by atoms with Gasteiger partial charge in [0.05, 0.1) is 20.0 Å². The number of amides is 1. The zero-order valence-corrected chi connectivity index (χ0v) is 16.2. The van der Waals surface area contributed by atoms with E-state index in [1.165, 1.54) is 17.3 Å². The summed E-state index contributed by atoms with van der Waals surface area (Å²) in [7, 11) is 3.26. The van der Waals surface area contributed by atoms with E-state index in [4.69, 9.17) is 9.47 Å². The lowest BCUT2D eigenvalue weighted by molar-refractivity contribution is -0.129. The largest absolute Gasteiger partial charge is 0.493 e. The molecule has 1 aromatic heterocycles. The van der Waals surface area contributed by atoms with Gasteiger partial charge >= 0.3 is 0 Å². The second-order valence-corrected chi connectivity index (χ2v) is 7.09. The van der Waals surface area contributed by atoms with Gasteiger partial charge in [0.1, 0.15) is 5.82 Å². The first-order chi connectivity index (χ1) is 12.6. The number of benzene rings is 1. The number of nitrogens with one attached hydrogen (secondary N) is 1. The molecule has 1 amide bonds.